The summed E-state index contributed by atoms with van der Waals surface area (Å²) in [6.45, 7) is 3.87. The predicted octanol–water partition coefficient (Wildman–Crippen LogP) is 5.93. The number of Topliss-reactive ketones (excluding diaryl/α,β-unsaturated/α-hetero) is 1. The molecule has 5 heteroatoms. The number of para-hydroxylation sites is 1. The Labute approximate surface area is 197 Å². The summed E-state index contributed by atoms with van der Waals surface area (Å²) in [5.74, 6) is 1.12. The molecular formula is C29H22N2O3. The fraction of sp³-hybridized carbons (Fsp3) is 0.138. The van der Waals surface area contributed by atoms with E-state index in [1.165, 1.54) is 0 Å². The first kappa shape index (κ1) is 21.4. The molecule has 0 saturated heterocycles. The number of aromatic nitrogens is 1. The molecule has 1 aliphatic rings. The van der Waals surface area contributed by atoms with Gasteiger partial charge in [0.1, 0.15) is 18.1 Å². The van der Waals surface area contributed by atoms with E-state index >= 15 is 0 Å². The SMILES string of the molecule is CC1(C)OC(c2ccc(C#N)cc2)=C(c2ccc(OCc3ccc4ccccc4n3)cc2)C1=O. The molecule has 0 radical (unpaired) electrons. The summed E-state index contributed by atoms with van der Waals surface area (Å²) in [6, 6.07) is 28.5. The van der Waals surface area contributed by atoms with Crippen LogP contribution in [0.1, 0.15) is 36.2 Å². The van der Waals surface area contributed by atoms with Crippen LogP contribution in [0.4, 0.5) is 0 Å². The number of nitrogens with zero attached hydrogens (tertiary/aromatic N) is 2. The lowest BCUT2D eigenvalue weighted by molar-refractivity contribution is -0.125. The first-order valence-electron chi connectivity index (χ1n) is 11.0. The van der Waals surface area contributed by atoms with Crippen LogP contribution in [-0.4, -0.2) is 16.4 Å². The first-order valence-corrected chi connectivity index (χ1v) is 11.0. The molecular weight excluding hydrogens is 424 g/mol. The lowest BCUT2D eigenvalue weighted by atomic mass is 9.92. The maximum Gasteiger partial charge on any atom is 0.210 e. The van der Waals surface area contributed by atoms with Crippen molar-refractivity contribution < 1.29 is 14.3 Å². The van der Waals surface area contributed by atoms with Gasteiger partial charge in [-0.25, -0.2) is 4.98 Å². The first-order chi connectivity index (χ1) is 16.4. The second-order valence-corrected chi connectivity index (χ2v) is 8.64. The van der Waals surface area contributed by atoms with Gasteiger partial charge in [0.15, 0.2) is 5.60 Å². The van der Waals surface area contributed by atoms with E-state index < -0.39 is 5.60 Å². The zero-order valence-corrected chi connectivity index (χ0v) is 18.9. The number of fused-ring (bicyclic) bond motifs is 1. The summed E-state index contributed by atoms with van der Waals surface area (Å²) in [4.78, 5) is 17.8. The largest absolute Gasteiger partial charge is 0.487 e. The van der Waals surface area contributed by atoms with Gasteiger partial charge in [-0.05, 0) is 67.9 Å². The number of ketones is 1. The molecule has 1 aliphatic heterocycles. The van der Waals surface area contributed by atoms with E-state index in [4.69, 9.17) is 14.7 Å². The van der Waals surface area contributed by atoms with Gasteiger partial charge in [0.2, 0.25) is 5.78 Å². The van der Waals surface area contributed by atoms with E-state index in [0.29, 0.717) is 29.3 Å². The Balaban J connectivity index is 1.39. The summed E-state index contributed by atoms with van der Waals surface area (Å²) >= 11 is 0. The fourth-order valence-electron chi connectivity index (χ4n) is 3.98. The summed E-state index contributed by atoms with van der Waals surface area (Å²) in [6.07, 6.45) is 0. The standard InChI is InChI=1S/C29H22N2O3/c1-29(2)28(32)26(27(34-29)22-9-7-19(17-30)8-10-22)21-12-15-24(16-13-21)33-18-23-14-11-20-5-3-4-6-25(20)31-23/h3-16H,18H2,1-2H3. The van der Waals surface area contributed by atoms with Crippen LogP contribution in [-0.2, 0) is 16.1 Å². The van der Waals surface area contributed by atoms with Crippen molar-refractivity contribution in [1.29, 1.82) is 5.26 Å². The smallest absolute Gasteiger partial charge is 0.210 e. The van der Waals surface area contributed by atoms with Gasteiger partial charge >= 0.3 is 0 Å². The van der Waals surface area contributed by atoms with E-state index in [1.54, 1.807) is 38.1 Å². The molecule has 0 aliphatic carbocycles. The number of carbonyl (C=O) groups is 1. The zero-order chi connectivity index (χ0) is 23.7. The molecule has 0 N–H and O–H groups in total. The quantitative estimate of drug-likeness (QED) is 0.380. The molecule has 0 amide bonds. The minimum absolute atomic E-state index is 0.0825. The van der Waals surface area contributed by atoms with E-state index in [2.05, 4.69) is 11.1 Å². The topological polar surface area (TPSA) is 72.2 Å². The molecule has 4 aromatic rings. The third-order valence-electron chi connectivity index (χ3n) is 5.82. The van der Waals surface area contributed by atoms with Crippen molar-refractivity contribution in [1.82, 2.24) is 4.98 Å². The highest BCUT2D eigenvalue weighted by atomic mass is 16.5. The Morgan fingerprint density at radius 2 is 1.62 bits per heavy atom. The molecule has 2 heterocycles. The lowest BCUT2D eigenvalue weighted by Gasteiger charge is -2.17. The second-order valence-electron chi connectivity index (χ2n) is 8.64. The van der Waals surface area contributed by atoms with Crippen molar-refractivity contribution in [2.45, 2.75) is 26.1 Å². The Bertz CT molecular complexity index is 1460. The predicted molar refractivity (Wildman–Crippen MR) is 131 cm³/mol. The molecule has 0 saturated carbocycles. The second kappa shape index (κ2) is 8.49. The van der Waals surface area contributed by atoms with Gasteiger partial charge < -0.3 is 9.47 Å². The number of pyridine rings is 1. The minimum atomic E-state index is -0.963. The van der Waals surface area contributed by atoms with Gasteiger partial charge in [-0.3, -0.25) is 4.79 Å². The van der Waals surface area contributed by atoms with Crippen LogP contribution in [0.5, 0.6) is 5.75 Å². The van der Waals surface area contributed by atoms with Gasteiger partial charge in [-0.2, -0.15) is 5.26 Å². The van der Waals surface area contributed by atoms with Crippen LogP contribution in [0.2, 0.25) is 0 Å². The zero-order valence-electron chi connectivity index (χ0n) is 18.9. The molecule has 166 valence electrons. The van der Waals surface area contributed by atoms with Crippen molar-refractivity contribution in [3.8, 4) is 11.8 Å². The van der Waals surface area contributed by atoms with E-state index in [1.807, 2.05) is 60.7 Å². The highest BCUT2D eigenvalue weighted by Gasteiger charge is 2.42. The van der Waals surface area contributed by atoms with Gasteiger partial charge in [0.25, 0.3) is 0 Å². The van der Waals surface area contributed by atoms with Crippen molar-refractivity contribution in [2.75, 3.05) is 0 Å². The molecule has 0 spiro atoms. The van der Waals surface area contributed by atoms with Crippen molar-refractivity contribution in [3.63, 3.8) is 0 Å². The normalized spacial score (nSPS) is 14.7. The molecule has 5 rings (SSSR count). The fourth-order valence-corrected chi connectivity index (χ4v) is 3.98. The number of rotatable bonds is 5. The van der Waals surface area contributed by atoms with Gasteiger partial charge in [0, 0.05) is 10.9 Å². The average molecular weight is 447 g/mol. The third-order valence-corrected chi connectivity index (χ3v) is 5.82. The molecule has 34 heavy (non-hydrogen) atoms. The summed E-state index contributed by atoms with van der Waals surface area (Å²) in [5.41, 5.74) is 3.41. The number of ether oxygens (including phenoxy) is 2. The van der Waals surface area contributed by atoms with Gasteiger partial charge in [-0.1, -0.05) is 36.4 Å². The van der Waals surface area contributed by atoms with Crippen LogP contribution in [0, 0.1) is 11.3 Å². The Morgan fingerprint density at radius 3 is 2.35 bits per heavy atom. The lowest BCUT2D eigenvalue weighted by Crippen LogP contribution is -2.29. The minimum Gasteiger partial charge on any atom is -0.487 e. The van der Waals surface area contributed by atoms with Gasteiger partial charge in [-0.15, -0.1) is 0 Å². The van der Waals surface area contributed by atoms with Crippen LogP contribution in [0.25, 0.3) is 22.2 Å². The highest BCUT2D eigenvalue weighted by molar-refractivity contribution is 6.32. The summed E-state index contributed by atoms with van der Waals surface area (Å²) in [7, 11) is 0. The number of hydrogen-bond donors (Lipinski definition) is 0. The molecule has 0 unspecified atom stereocenters. The van der Waals surface area contributed by atoms with Crippen LogP contribution in [0.3, 0.4) is 0 Å². The van der Waals surface area contributed by atoms with E-state index in [-0.39, 0.29) is 5.78 Å². The van der Waals surface area contributed by atoms with Crippen LogP contribution in [0.15, 0.2) is 84.9 Å². The number of hydrogen-bond acceptors (Lipinski definition) is 5. The van der Waals surface area contributed by atoms with E-state index in [0.717, 1.165) is 27.7 Å². The van der Waals surface area contributed by atoms with Gasteiger partial charge in [0.05, 0.1) is 28.4 Å². The number of benzene rings is 3. The Kier molecular flexibility index (Phi) is 5.35. The summed E-state index contributed by atoms with van der Waals surface area (Å²) in [5, 5.41) is 10.2. The molecule has 5 nitrogen and oxygen atoms in total. The van der Waals surface area contributed by atoms with E-state index in [9.17, 15) is 4.79 Å². The maximum atomic E-state index is 13.2. The van der Waals surface area contributed by atoms with Crippen molar-refractivity contribution in [3.05, 3.63) is 107 Å². The average Bonchev–Trinajstić information content (AvgIpc) is 3.11. The molecule has 0 fully saturated rings. The number of nitriles is 1. The van der Waals surface area contributed by atoms with Crippen molar-refractivity contribution in [2.24, 2.45) is 0 Å². The highest BCUT2D eigenvalue weighted by Crippen LogP contribution is 2.41. The molecule has 0 atom stereocenters. The molecule has 0 bridgehead atoms. The molecule has 1 aromatic heterocycles. The summed E-state index contributed by atoms with van der Waals surface area (Å²) < 4.78 is 12.0. The van der Waals surface area contributed by atoms with Crippen molar-refractivity contribution >= 4 is 28.0 Å². The van der Waals surface area contributed by atoms with Crippen LogP contribution >= 0.6 is 0 Å². The molecule has 3 aromatic carbocycles. The number of carbonyl (C=O) groups excluding carboxylic acids is 1. The van der Waals surface area contributed by atoms with Crippen LogP contribution < -0.4 is 4.74 Å². The Morgan fingerprint density at radius 1 is 0.912 bits per heavy atom. The Hall–Kier alpha value is -4.43. The third kappa shape index (κ3) is 4.02. The maximum absolute atomic E-state index is 13.2. The monoisotopic (exact) mass is 446 g/mol.